The average molecular weight is 474 g/mol. The third-order valence-electron chi connectivity index (χ3n) is 4.91. The van der Waals surface area contributed by atoms with E-state index in [-0.39, 0.29) is 61.8 Å². The van der Waals surface area contributed by atoms with E-state index in [4.69, 9.17) is 18.9 Å². The molecule has 1 aromatic rings. The van der Waals surface area contributed by atoms with E-state index < -0.39 is 29.8 Å². The number of esters is 4. The van der Waals surface area contributed by atoms with Gasteiger partial charge in [0, 0.05) is 11.4 Å². The highest BCUT2D eigenvalue weighted by Crippen LogP contribution is 2.41. The van der Waals surface area contributed by atoms with Crippen LogP contribution >= 0.6 is 0 Å². The smallest absolute Gasteiger partial charge is 0.336 e. The standard InChI is InChI=1S/C25H31NO8/c1-5-31-19(27)14-17-22(24(29)33-7-3)21(16-12-10-9-11-13-16)23(25(30)34-8-4)18(26-17)15-20(28)32-6-2/h9-13,21,26H,5-8,14-15H2,1-4H3. The maximum atomic E-state index is 13.2. The second-order valence-corrected chi connectivity index (χ2v) is 7.16. The van der Waals surface area contributed by atoms with Crippen molar-refractivity contribution in [2.24, 2.45) is 0 Å². The molecule has 0 radical (unpaired) electrons. The van der Waals surface area contributed by atoms with Crippen LogP contribution in [0.5, 0.6) is 0 Å². The van der Waals surface area contributed by atoms with Gasteiger partial charge in [0.2, 0.25) is 0 Å². The van der Waals surface area contributed by atoms with Gasteiger partial charge in [0.25, 0.3) is 0 Å². The van der Waals surface area contributed by atoms with Gasteiger partial charge in [-0.1, -0.05) is 30.3 Å². The number of hydrogen-bond donors (Lipinski definition) is 1. The van der Waals surface area contributed by atoms with E-state index in [1.165, 1.54) is 0 Å². The third-order valence-corrected chi connectivity index (χ3v) is 4.91. The molecule has 1 N–H and O–H groups in total. The van der Waals surface area contributed by atoms with Crippen molar-refractivity contribution in [1.82, 2.24) is 5.32 Å². The molecule has 34 heavy (non-hydrogen) atoms. The Labute approximate surface area is 199 Å². The van der Waals surface area contributed by atoms with Crippen molar-refractivity contribution in [2.75, 3.05) is 26.4 Å². The first-order valence-corrected chi connectivity index (χ1v) is 11.3. The molecule has 9 heteroatoms. The van der Waals surface area contributed by atoms with Gasteiger partial charge in [-0.05, 0) is 33.3 Å². The van der Waals surface area contributed by atoms with Crippen LogP contribution in [0.25, 0.3) is 0 Å². The molecule has 0 atom stereocenters. The summed E-state index contributed by atoms with van der Waals surface area (Å²) >= 11 is 0. The first-order chi connectivity index (χ1) is 16.4. The molecular formula is C25H31NO8. The first-order valence-electron chi connectivity index (χ1n) is 11.3. The van der Waals surface area contributed by atoms with Gasteiger partial charge in [0.05, 0.1) is 56.3 Å². The molecule has 0 unspecified atom stereocenters. The van der Waals surface area contributed by atoms with Gasteiger partial charge in [0.1, 0.15) is 0 Å². The maximum absolute atomic E-state index is 13.2. The molecule has 0 saturated carbocycles. The van der Waals surface area contributed by atoms with Crippen LogP contribution in [0.4, 0.5) is 0 Å². The molecule has 0 fully saturated rings. The summed E-state index contributed by atoms with van der Waals surface area (Å²) in [5.74, 6) is -3.47. The minimum absolute atomic E-state index is 0.0803. The number of ether oxygens (including phenoxy) is 4. The molecule has 0 aliphatic carbocycles. The van der Waals surface area contributed by atoms with Crippen LogP contribution in [-0.2, 0) is 38.1 Å². The van der Waals surface area contributed by atoms with E-state index in [1.807, 2.05) is 0 Å². The molecule has 1 aromatic carbocycles. The molecule has 0 aromatic heterocycles. The molecule has 0 spiro atoms. The number of carbonyl (C=O) groups excluding carboxylic acids is 4. The molecular weight excluding hydrogens is 442 g/mol. The van der Waals surface area contributed by atoms with Gasteiger partial charge in [0.15, 0.2) is 0 Å². The number of hydrogen-bond acceptors (Lipinski definition) is 9. The van der Waals surface area contributed by atoms with Crippen molar-refractivity contribution in [2.45, 2.75) is 46.5 Å². The largest absolute Gasteiger partial charge is 0.466 e. The van der Waals surface area contributed by atoms with Gasteiger partial charge in [-0.15, -0.1) is 0 Å². The van der Waals surface area contributed by atoms with Gasteiger partial charge in [-0.2, -0.15) is 0 Å². The van der Waals surface area contributed by atoms with Crippen molar-refractivity contribution in [1.29, 1.82) is 0 Å². The molecule has 184 valence electrons. The highest BCUT2D eigenvalue weighted by Gasteiger charge is 2.40. The Morgan fingerprint density at radius 1 is 0.676 bits per heavy atom. The topological polar surface area (TPSA) is 117 Å². The van der Waals surface area contributed by atoms with Crippen LogP contribution in [-0.4, -0.2) is 50.3 Å². The van der Waals surface area contributed by atoms with Gasteiger partial charge < -0.3 is 24.3 Å². The Morgan fingerprint density at radius 2 is 1.09 bits per heavy atom. The predicted octanol–water partition coefficient (Wildman–Crippen LogP) is 2.91. The molecule has 1 heterocycles. The van der Waals surface area contributed by atoms with E-state index in [9.17, 15) is 19.2 Å². The van der Waals surface area contributed by atoms with E-state index in [0.29, 0.717) is 5.56 Å². The summed E-state index contributed by atoms with van der Waals surface area (Å²) in [7, 11) is 0. The molecule has 0 bridgehead atoms. The first kappa shape index (κ1) is 26.6. The van der Waals surface area contributed by atoms with E-state index in [1.54, 1.807) is 58.0 Å². The molecule has 0 saturated heterocycles. The van der Waals surface area contributed by atoms with Crippen LogP contribution in [0, 0.1) is 0 Å². The molecule has 1 aliphatic rings. The van der Waals surface area contributed by atoms with Gasteiger partial charge in [-0.3, -0.25) is 9.59 Å². The van der Waals surface area contributed by atoms with Crippen LogP contribution in [0.2, 0.25) is 0 Å². The fourth-order valence-corrected chi connectivity index (χ4v) is 3.68. The number of benzene rings is 1. The zero-order valence-corrected chi connectivity index (χ0v) is 20.0. The van der Waals surface area contributed by atoms with Crippen LogP contribution in [0.15, 0.2) is 52.9 Å². The number of nitrogens with one attached hydrogen (secondary N) is 1. The van der Waals surface area contributed by atoms with E-state index >= 15 is 0 Å². The summed E-state index contributed by atoms with van der Waals surface area (Å²) < 4.78 is 20.7. The van der Waals surface area contributed by atoms with Crippen LogP contribution in [0.3, 0.4) is 0 Å². The number of dihydropyridines is 1. The molecule has 1 aliphatic heterocycles. The molecule has 0 amide bonds. The van der Waals surface area contributed by atoms with E-state index in [2.05, 4.69) is 5.32 Å². The van der Waals surface area contributed by atoms with Crippen molar-refractivity contribution in [3.63, 3.8) is 0 Å². The zero-order valence-electron chi connectivity index (χ0n) is 20.0. The fraction of sp³-hybridized carbons (Fsp3) is 0.440. The number of rotatable bonds is 11. The summed E-state index contributed by atoms with van der Waals surface area (Å²) in [6.45, 7) is 7.15. The van der Waals surface area contributed by atoms with Crippen molar-refractivity contribution in [3.8, 4) is 0 Å². The van der Waals surface area contributed by atoms with Crippen molar-refractivity contribution >= 4 is 23.9 Å². The lowest BCUT2D eigenvalue weighted by atomic mass is 9.79. The van der Waals surface area contributed by atoms with Gasteiger partial charge in [-0.25, -0.2) is 9.59 Å². The Kier molecular flexibility index (Phi) is 10.3. The minimum Gasteiger partial charge on any atom is -0.466 e. The summed E-state index contributed by atoms with van der Waals surface area (Å²) in [6.07, 6.45) is -0.568. The Balaban J connectivity index is 2.77. The Bertz CT molecular complexity index is 906. The summed E-state index contributed by atoms with van der Waals surface area (Å²) in [5, 5.41) is 2.97. The van der Waals surface area contributed by atoms with Crippen LogP contribution in [0.1, 0.15) is 52.0 Å². The quantitative estimate of drug-likeness (QED) is 0.382. The zero-order chi connectivity index (χ0) is 25.1. The predicted molar refractivity (Wildman–Crippen MR) is 122 cm³/mol. The van der Waals surface area contributed by atoms with Crippen molar-refractivity contribution in [3.05, 3.63) is 58.4 Å². The lowest BCUT2D eigenvalue weighted by molar-refractivity contribution is -0.143. The van der Waals surface area contributed by atoms with Crippen LogP contribution < -0.4 is 5.32 Å². The molecule has 2 rings (SSSR count). The normalized spacial score (nSPS) is 13.8. The lowest BCUT2D eigenvalue weighted by Gasteiger charge is -2.32. The second kappa shape index (κ2) is 13.2. The van der Waals surface area contributed by atoms with E-state index in [0.717, 1.165) is 0 Å². The van der Waals surface area contributed by atoms with Crippen molar-refractivity contribution < 1.29 is 38.1 Å². The highest BCUT2D eigenvalue weighted by atomic mass is 16.5. The maximum Gasteiger partial charge on any atom is 0.336 e. The average Bonchev–Trinajstić information content (AvgIpc) is 2.79. The monoisotopic (exact) mass is 473 g/mol. The summed E-state index contributed by atoms with van der Waals surface area (Å²) in [4.78, 5) is 51.1. The Hall–Kier alpha value is -3.62. The lowest BCUT2D eigenvalue weighted by Crippen LogP contribution is -2.36. The minimum atomic E-state index is -0.936. The SMILES string of the molecule is CCOC(=O)CC1=C(C(=O)OCC)C(c2ccccc2)C(C(=O)OCC)=C(CC(=O)OCC)N1. The third kappa shape index (κ3) is 6.69. The highest BCUT2D eigenvalue weighted by molar-refractivity contribution is 6.01. The fourth-order valence-electron chi connectivity index (χ4n) is 3.68. The summed E-state index contributed by atoms with van der Waals surface area (Å²) in [5.41, 5.74) is 1.14. The second-order valence-electron chi connectivity index (χ2n) is 7.16. The summed E-state index contributed by atoms with van der Waals surface area (Å²) in [6, 6.07) is 8.82. The molecule has 9 nitrogen and oxygen atoms in total. The number of carbonyl (C=O) groups is 4. The van der Waals surface area contributed by atoms with Gasteiger partial charge >= 0.3 is 23.9 Å². The Morgan fingerprint density at radius 3 is 1.47 bits per heavy atom.